The van der Waals surface area contributed by atoms with Crippen LogP contribution in [0.2, 0.25) is 0 Å². The predicted octanol–water partition coefficient (Wildman–Crippen LogP) is 3.62. The number of nitrogens with zero attached hydrogens (tertiary/aromatic N) is 3. The average Bonchev–Trinajstić information content (AvgIpc) is 2.85. The van der Waals surface area contributed by atoms with Crippen LogP contribution in [0.3, 0.4) is 0 Å². The summed E-state index contributed by atoms with van der Waals surface area (Å²) in [5.74, 6) is 1.05. The van der Waals surface area contributed by atoms with Crippen molar-refractivity contribution in [3.63, 3.8) is 0 Å². The number of fused-ring (bicyclic) bond motifs is 1. The van der Waals surface area contributed by atoms with Crippen LogP contribution < -0.4 is 0 Å². The molecular weight excluding hydrogens is 258 g/mol. The molecule has 2 aromatic carbocycles. The van der Waals surface area contributed by atoms with Crippen molar-refractivity contribution in [1.29, 1.82) is 5.26 Å². The van der Waals surface area contributed by atoms with E-state index in [4.69, 9.17) is 5.26 Å². The fourth-order valence-electron chi connectivity index (χ4n) is 2.67. The van der Waals surface area contributed by atoms with Crippen molar-refractivity contribution in [3.05, 3.63) is 65.5 Å². The molecule has 0 saturated heterocycles. The molecule has 0 bridgehead atoms. The van der Waals surface area contributed by atoms with Crippen molar-refractivity contribution < 1.29 is 0 Å². The zero-order valence-electron chi connectivity index (χ0n) is 12.1. The molecule has 3 heteroatoms. The highest BCUT2D eigenvalue weighted by Gasteiger charge is 2.10. The van der Waals surface area contributed by atoms with Crippen molar-refractivity contribution in [2.24, 2.45) is 7.05 Å². The average molecular weight is 275 g/mol. The van der Waals surface area contributed by atoms with E-state index >= 15 is 0 Å². The second kappa shape index (κ2) is 5.80. The maximum absolute atomic E-state index is 9.16. The zero-order valence-corrected chi connectivity index (χ0v) is 12.1. The molecule has 0 radical (unpaired) electrons. The van der Waals surface area contributed by atoms with Crippen LogP contribution in [0.15, 0.2) is 48.5 Å². The SMILES string of the molecule is Cn1c(CCCc2ccccc2)nc2c(C#N)cccc21. The maximum atomic E-state index is 9.16. The van der Waals surface area contributed by atoms with Crippen LogP contribution in [0.5, 0.6) is 0 Å². The van der Waals surface area contributed by atoms with Gasteiger partial charge in [-0.1, -0.05) is 36.4 Å². The van der Waals surface area contributed by atoms with Crippen molar-refractivity contribution in [2.45, 2.75) is 19.3 Å². The van der Waals surface area contributed by atoms with Gasteiger partial charge >= 0.3 is 0 Å². The van der Waals surface area contributed by atoms with Gasteiger partial charge in [0.2, 0.25) is 0 Å². The number of nitriles is 1. The molecule has 0 aliphatic heterocycles. The van der Waals surface area contributed by atoms with Crippen LogP contribution in [-0.2, 0) is 19.9 Å². The Morgan fingerprint density at radius 3 is 2.62 bits per heavy atom. The Labute approximate surface area is 124 Å². The minimum atomic E-state index is 0.650. The molecule has 0 unspecified atom stereocenters. The third-order valence-electron chi connectivity index (χ3n) is 3.83. The molecule has 104 valence electrons. The Morgan fingerprint density at radius 2 is 1.86 bits per heavy atom. The van der Waals surface area contributed by atoms with Crippen LogP contribution in [0.4, 0.5) is 0 Å². The minimum Gasteiger partial charge on any atom is -0.331 e. The fraction of sp³-hybridized carbons (Fsp3) is 0.222. The van der Waals surface area contributed by atoms with Crippen molar-refractivity contribution in [1.82, 2.24) is 9.55 Å². The van der Waals surface area contributed by atoms with E-state index in [0.717, 1.165) is 36.1 Å². The molecule has 3 nitrogen and oxygen atoms in total. The number of hydrogen-bond donors (Lipinski definition) is 0. The van der Waals surface area contributed by atoms with E-state index in [1.807, 2.05) is 31.3 Å². The molecule has 0 aliphatic rings. The first-order valence-corrected chi connectivity index (χ1v) is 7.18. The zero-order chi connectivity index (χ0) is 14.7. The first kappa shape index (κ1) is 13.4. The van der Waals surface area contributed by atoms with E-state index in [1.165, 1.54) is 5.56 Å². The van der Waals surface area contributed by atoms with E-state index in [9.17, 15) is 0 Å². The second-order valence-electron chi connectivity index (χ2n) is 5.21. The van der Waals surface area contributed by atoms with Gasteiger partial charge in [-0.05, 0) is 30.5 Å². The number of para-hydroxylation sites is 1. The van der Waals surface area contributed by atoms with Crippen LogP contribution in [0, 0.1) is 11.3 Å². The highest BCUT2D eigenvalue weighted by Crippen LogP contribution is 2.19. The van der Waals surface area contributed by atoms with Crippen LogP contribution in [-0.4, -0.2) is 9.55 Å². The maximum Gasteiger partial charge on any atom is 0.109 e. The van der Waals surface area contributed by atoms with Crippen LogP contribution >= 0.6 is 0 Å². The monoisotopic (exact) mass is 275 g/mol. The van der Waals surface area contributed by atoms with Gasteiger partial charge in [0.1, 0.15) is 17.4 Å². The van der Waals surface area contributed by atoms with Gasteiger partial charge in [0.15, 0.2) is 0 Å². The first-order chi connectivity index (χ1) is 10.3. The molecule has 21 heavy (non-hydrogen) atoms. The summed E-state index contributed by atoms with van der Waals surface area (Å²) in [5, 5.41) is 9.16. The summed E-state index contributed by atoms with van der Waals surface area (Å²) in [6.45, 7) is 0. The lowest BCUT2D eigenvalue weighted by Gasteiger charge is -2.03. The molecule has 1 heterocycles. The van der Waals surface area contributed by atoms with Gasteiger partial charge < -0.3 is 4.57 Å². The van der Waals surface area contributed by atoms with Gasteiger partial charge in [0.05, 0.1) is 11.1 Å². The third-order valence-corrected chi connectivity index (χ3v) is 3.83. The van der Waals surface area contributed by atoms with Crippen LogP contribution in [0.25, 0.3) is 11.0 Å². The summed E-state index contributed by atoms with van der Waals surface area (Å²) in [5.41, 5.74) is 3.85. The molecular formula is C18H17N3. The largest absolute Gasteiger partial charge is 0.331 e. The number of imidazole rings is 1. The van der Waals surface area contributed by atoms with Gasteiger partial charge in [0, 0.05) is 13.5 Å². The standard InChI is InChI=1S/C18H17N3/c1-21-16-11-6-10-15(13-19)18(16)20-17(21)12-5-9-14-7-3-2-4-8-14/h2-4,6-8,10-11H,5,9,12H2,1H3. The quantitative estimate of drug-likeness (QED) is 0.729. The molecule has 0 amide bonds. The number of hydrogen-bond acceptors (Lipinski definition) is 2. The molecule has 0 fully saturated rings. The lowest BCUT2D eigenvalue weighted by molar-refractivity contribution is 0.733. The number of aryl methyl sites for hydroxylation is 3. The summed E-state index contributed by atoms with van der Waals surface area (Å²) < 4.78 is 2.10. The summed E-state index contributed by atoms with van der Waals surface area (Å²) in [6, 6.07) is 18.5. The molecule has 0 saturated carbocycles. The Bertz CT molecular complexity index is 794. The number of benzene rings is 2. The van der Waals surface area contributed by atoms with Gasteiger partial charge in [-0.2, -0.15) is 5.26 Å². The summed E-state index contributed by atoms with van der Waals surface area (Å²) in [7, 11) is 2.02. The second-order valence-corrected chi connectivity index (χ2v) is 5.21. The Morgan fingerprint density at radius 1 is 1.05 bits per heavy atom. The Hall–Kier alpha value is -2.60. The Kier molecular flexibility index (Phi) is 3.70. The predicted molar refractivity (Wildman–Crippen MR) is 83.9 cm³/mol. The summed E-state index contributed by atoms with van der Waals surface area (Å²) in [6.07, 6.45) is 3.03. The number of aromatic nitrogens is 2. The fourth-order valence-corrected chi connectivity index (χ4v) is 2.67. The normalized spacial score (nSPS) is 10.7. The van der Waals surface area contributed by atoms with Crippen molar-refractivity contribution in [3.8, 4) is 6.07 Å². The molecule has 0 N–H and O–H groups in total. The van der Waals surface area contributed by atoms with Crippen LogP contribution in [0.1, 0.15) is 23.4 Å². The number of rotatable bonds is 4. The highest BCUT2D eigenvalue weighted by molar-refractivity contribution is 5.82. The summed E-state index contributed by atoms with van der Waals surface area (Å²) in [4.78, 5) is 4.65. The summed E-state index contributed by atoms with van der Waals surface area (Å²) >= 11 is 0. The molecule has 0 atom stereocenters. The lowest BCUT2D eigenvalue weighted by atomic mass is 10.1. The first-order valence-electron chi connectivity index (χ1n) is 7.18. The van der Waals surface area contributed by atoms with E-state index < -0.39 is 0 Å². The molecule has 3 aromatic rings. The van der Waals surface area contributed by atoms with Gasteiger partial charge in [-0.3, -0.25) is 0 Å². The van der Waals surface area contributed by atoms with Crippen molar-refractivity contribution in [2.75, 3.05) is 0 Å². The third kappa shape index (κ3) is 2.66. The van der Waals surface area contributed by atoms with Gasteiger partial charge in [0.25, 0.3) is 0 Å². The topological polar surface area (TPSA) is 41.6 Å². The van der Waals surface area contributed by atoms with Gasteiger partial charge in [-0.25, -0.2) is 4.98 Å². The van der Waals surface area contributed by atoms with Crippen molar-refractivity contribution >= 4 is 11.0 Å². The van der Waals surface area contributed by atoms with E-state index in [1.54, 1.807) is 0 Å². The Balaban J connectivity index is 1.79. The molecule has 0 spiro atoms. The van der Waals surface area contributed by atoms with E-state index in [2.05, 4.69) is 39.9 Å². The molecule has 0 aliphatic carbocycles. The smallest absolute Gasteiger partial charge is 0.109 e. The molecule has 1 aromatic heterocycles. The molecule has 3 rings (SSSR count). The van der Waals surface area contributed by atoms with E-state index in [0.29, 0.717) is 5.56 Å². The van der Waals surface area contributed by atoms with Gasteiger partial charge in [-0.15, -0.1) is 0 Å². The minimum absolute atomic E-state index is 0.650. The highest BCUT2D eigenvalue weighted by atomic mass is 15.1. The van der Waals surface area contributed by atoms with E-state index in [-0.39, 0.29) is 0 Å². The lowest BCUT2D eigenvalue weighted by Crippen LogP contribution is -1.99.